The second kappa shape index (κ2) is 10.0. The average Bonchev–Trinajstić information content (AvgIpc) is 3.33. The number of esters is 1. The lowest BCUT2D eigenvalue weighted by molar-refractivity contribution is -0.122. The molecule has 9 rings (SSSR count). The van der Waals surface area contributed by atoms with E-state index in [0.29, 0.717) is 5.69 Å². The van der Waals surface area contributed by atoms with Gasteiger partial charge in [0.05, 0.1) is 23.1 Å². The van der Waals surface area contributed by atoms with Gasteiger partial charge in [-0.1, -0.05) is 97.1 Å². The van der Waals surface area contributed by atoms with Gasteiger partial charge in [-0.25, -0.2) is 9.69 Å². The number of carbonyl (C=O) groups excluding carboxylic acids is 4. The maximum atomic E-state index is 14.2. The highest BCUT2D eigenvalue weighted by molar-refractivity contribution is 6.25. The first kappa shape index (κ1) is 26.1. The van der Waals surface area contributed by atoms with Crippen LogP contribution in [0, 0.1) is 11.8 Å². The monoisotopic (exact) mass is 578 g/mol. The van der Waals surface area contributed by atoms with E-state index in [9.17, 15) is 19.2 Å². The first-order chi connectivity index (χ1) is 21.5. The van der Waals surface area contributed by atoms with Gasteiger partial charge in [0.15, 0.2) is 6.61 Å². The highest BCUT2D eigenvalue weighted by Gasteiger charge is 2.62. The fourth-order valence-corrected chi connectivity index (χ4v) is 7.49. The molecule has 0 spiro atoms. The van der Waals surface area contributed by atoms with E-state index < -0.39 is 30.3 Å². The quantitative estimate of drug-likeness (QED) is 0.203. The molecule has 2 atom stereocenters. The maximum absolute atomic E-state index is 14.2. The van der Waals surface area contributed by atoms with E-state index in [1.807, 2.05) is 84.9 Å². The summed E-state index contributed by atoms with van der Waals surface area (Å²) in [6.07, 6.45) is 0. The van der Waals surface area contributed by atoms with Crippen LogP contribution in [0.15, 0.2) is 115 Å². The summed E-state index contributed by atoms with van der Waals surface area (Å²) in [5, 5.41) is 4.64. The number of benzene rings is 5. The standard InChI is InChI=1S/C37H26N2O5/c40-30(38-28-18-9-11-21-10-1-2-12-22(21)28)20-44-37(43)27-17-7-8-19-29(27)39-35(41)33-31-23-13-3-4-14-24(23)32(34(33)36(39)42)26-16-6-5-15-25(26)31/h1-19,31-34H,20H2,(H,38,40)/t31?,32?,33-,34-/m1/s1. The Bertz CT molecular complexity index is 1910. The van der Waals surface area contributed by atoms with Crippen molar-refractivity contribution < 1.29 is 23.9 Å². The third-order valence-electron chi connectivity index (χ3n) is 9.21. The van der Waals surface area contributed by atoms with E-state index in [4.69, 9.17) is 4.74 Å². The van der Waals surface area contributed by atoms with Gasteiger partial charge in [0.25, 0.3) is 5.91 Å². The number of nitrogens with one attached hydrogen (secondary N) is 1. The number of nitrogens with zero attached hydrogens (tertiary/aromatic N) is 1. The van der Waals surface area contributed by atoms with E-state index in [-0.39, 0.29) is 34.9 Å². The average molecular weight is 579 g/mol. The van der Waals surface area contributed by atoms with Crippen molar-refractivity contribution >= 4 is 45.8 Å². The summed E-state index contributed by atoms with van der Waals surface area (Å²) in [7, 11) is 0. The minimum Gasteiger partial charge on any atom is -0.452 e. The van der Waals surface area contributed by atoms with Gasteiger partial charge in [-0.05, 0) is 45.8 Å². The molecule has 1 fully saturated rings. The van der Waals surface area contributed by atoms with Crippen LogP contribution in [0.4, 0.5) is 11.4 Å². The third kappa shape index (κ3) is 3.82. The lowest BCUT2D eigenvalue weighted by Gasteiger charge is -2.45. The first-order valence-corrected chi connectivity index (χ1v) is 14.6. The van der Waals surface area contributed by atoms with Crippen LogP contribution in [0.5, 0.6) is 0 Å². The Morgan fingerprint density at radius 2 is 1.16 bits per heavy atom. The highest BCUT2D eigenvalue weighted by Crippen LogP contribution is 2.61. The summed E-state index contributed by atoms with van der Waals surface area (Å²) in [6.45, 7) is -0.529. The fraction of sp³-hybridized carbons (Fsp3) is 0.135. The van der Waals surface area contributed by atoms with Crippen molar-refractivity contribution in [1.29, 1.82) is 0 Å². The predicted molar refractivity (Wildman–Crippen MR) is 165 cm³/mol. The summed E-state index contributed by atoms with van der Waals surface area (Å²) in [6, 6.07) is 35.7. The SMILES string of the molecule is O=C(COC(=O)c1ccccc1N1C(=O)[C@@H]2C3c4ccccc4C(c4ccccc43)[C@H]2C1=O)Nc1cccc2ccccc12. The molecule has 1 saturated heterocycles. The van der Waals surface area contributed by atoms with Crippen molar-refractivity contribution in [2.24, 2.45) is 11.8 Å². The fourth-order valence-electron chi connectivity index (χ4n) is 7.49. The molecule has 5 aromatic carbocycles. The van der Waals surface area contributed by atoms with Gasteiger partial charge in [0.1, 0.15) is 0 Å². The Labute approximate surface area is 253 Å². The summed E-state index contributed by atoms with van der Waals surface area (Å²) >= 11 is 0. The van der Waals surface area contributed by atoms with Crippen LogP contribution in [0.2, 0.25) is 0 Å². The van der Waals surface area contributed by atoms with Gasteiger partial charge in [-0.3, -0.25) is 14.4 Å². The maximum Gasteiger partial charge on any atom is 0.340 e. The third-order valence-corrected chi connectivity index (χ3v) is 9.21. The molecule has 44 heavy (non-hydrogen) atoms. The molecular weight excluding hydrogens is 552 g/mol. The number of rotatable bonds is 5. The Hall–Kier alpha value is -5.56. The number of hydrogen-bond acceptors (Lipinski definition) is 5. The number of fused-ring (bicyclic) bond motifs is 1. The van der Waals surface area contributed by atoms with Gasteiger partial charge >= 0.3 is 5.97 Å². The minimum atomic E-state index is -0.793. The largest absolute Gasteiger partial charge is 0.452 e. The van der Waals surface area contributed by atoms with Crippen LogP contribution in [-0.4, -0.2) is 30.3 Å². The van der Waals surface area contributed by atoms with Crippen LogP contribution in [0.1, 0.15) is 44.4 Å². The van der Waals surface area contributed by atoms with Gasteiger partial charge in [0.2, 0.25) is 11.8 Å². The summed E-state index contributed by atoms with van der Waals surface area (Å²) in [5.74, 6) is -3.61. The van der Waals surface area contributed by atoms with Gasteiger partial charge in [-0.2, -0.15) is 0 Å². The number of amides is 3. The molecule has 4 aliphatic rings. The summed E-state index contributed by atoms with van der Waals surface area (Å²) in [4.78, 5) is 55.7. The Kier molecular flexibility index (Phi) is 5.94. The Morgan fingerprint density at radius 3 is 1.80 bits per heavy atom. The molecule has 1 N–H and O–H groups in total. The van der Waals surface area contributed by atoms with Crippen molar-refractivity contribution in [1.82, 2.24) is 0 Å². The number of para-hydroxylation sites is 1. The molecule has 2 bridgehead atoms. The van der Waals surface area contributed by atoms with E-state index in [1.54, 1.807) is 24.3 Å². The van der Waals surface area contributed by atoms with Crippen molar-refractivity contribution in [2.75, 3.05) is 16.8 Å². The molecule has 0 aromatic heterocycles. The number of carbonyl (C=O) groups is 4. The normalized spacial score (nSPS) is 21.0. The van der Waals surface area contributed by atoms with Crippen molar-refractivity contribution in [3.8, 4) is 0 Å². The number of imide groups is 1. The molecule has 1 aliphatic heterocycles. The van der Waals surface area contributed by atoms with E-state index in [0.717, 1.165) is 33.0 Å². The Morgan fingerprint density at radius 1 is 0.636 bits per heavy atom. The molecule has 214 valence electrons. The van der Waals surface area contributed by atoms with E-state index in [1.165, 1.54) is 11.0 Å². The molecular formula is C37H26N2O5. The zero-order valence-electron chi connectivity index (χ0n) is 23.5. The zero-order chi connectivity index (χ0) is 29.9. The van der Waals surface area contributed by atoms with Crippen LogP contribution < -0.4 is 10.2 Å². The minimum absolute atomic E-state index is 0.0492. The molecule has 0 unspecified atom stereocenters. The lowest BCUT2D eigenvalue weighted by atomic mass is 9.55. The molecule has 3 amide bonds. The van der Waals surface area contributed by atoms with Crippen molar-refractivity contribution in [2.45, 2.75) is 11.8 Å². The molecule has 1 heterocycles. The smallest absolute Gasteiger partial charge is 0.340 e. The lowest BCUT2D eigenvalue weighted by Crippen LogP contribution is -2.41. The van der Waals surface area contributed by atoms with Gasteiger partial charge in [0, 0.05) is 22.9 Å². The van der Waals surface area contributed by atoms with E-state index >= 15 is 0 Å². The number of ether oxygens (including phenoxy) is 1. The van der Waals surface area contributed by atoms with Gasteiger partial charge in [-0.15, -0.1) is 0 Å². The first-order valence-electron chi connectivity index (χ1n) is 14.6. The van der Waals surface area contributed by atoms with Gasteiger partial charge < -0.3 is 10.1 Å². The van der Waals surface area contributed by atoms with Crippen LogP contribution in [0.3, 0.4) is 0 Å². The predicted octanol–water partition coefficient (Wildman–Crippen LogP) is 6.03. The summed E-state index contributed by atoms with van der Waals surface area (Å²) in [5.41, 5.74) is 5.13. The second-order valence-corrected chi connectivity index (χ2v) is 11.4. The zero-order valence-corrected chi connectivity index (χ0v) is 23.5. The molecule has 5 aromatic rings. The topological polar surface area (TPSA) is 92.8 Å². The van der Waals surface area contributed by atoms with Crippen LogP contribution in [-0.2, 0) is 19.1 Å². The molecule has 7 heteroatoms. The van der Waals surface area contributed by atoms with Crippen molar-refractivity contribution in [3.05, 3.63) is 143 Å². The van der Waals surface area contributed by atoms with Crippen molar-refractivity contribution in [3.63, 3.8) is 0 Å². The van der Waals surface area contributed by atoms with E-state index in [2.05, 4.69) is 5.32 Å². The molecule has 0 saturated carbocycles. The number of hydrogen-bond donors (Lipinski definition) is 1. The molecule has 7 nitrogen and oxygen atoms in total. The molecule has 0 radical (unpaired) electrons. The molecule has 3 aliphatic carbocycles. The van der Waals surface area contributed by atoms with Crippen LogP contribution in [0.25, 0.3) is 10.8 Å². The Balaban J connectivity index is 1.07. The van der Waals surface area contributed by atoms with Crippen LogP contribution >= 0.6 is 0 Å². The summed E-state index contributed by atoms with van der Waals surface area (Å²) < 4.78 is 5.42. The second-order valence-electron chi connectivity index (χ2n) is 11.4. The number of anilines is 2. The highest BCUT2D eigenvalue weighted by atomic mass is 16.5.